The summed E-state index contributed by atoms with van der Waals surface area (Å²) < 4.78 is 63.5. The van der Waals surface area contributed by atoms with Crippen molar-refractivity contribution < 1.29 is 31.3 Å². The molecular formula is C22H22F3N3O5S. The van der Waals surface area contributed by atoms with Gasteiger partial charge in [-0.1, -0.05) is 18.2 Å². The van der Waals surface area contributed by atoms with E-state index in [-0.39, 0.29) is 53.9 Å². The summed E-state index contributed by atoms with van der Waals surface area (Å²) in [6.45, 7) is 1.07. The molecule has 0 N–H and O–H groups in total. The lowest BCUT2D eigenvalue weighted by Crippen LogP contribution is -2.49. The first kappa shape index (κ1) is 24.0. The molecule has 0 spiro atoms. The first-order chi connectivity index (χ1) is 15.9. The van der Waals surface area contributed by atoms with Gasteiger partial charge in [-0.3, -0.25) is 14.9 Å². The molecule has 0 aromatic heterocycles. The van der Waals surface area contributed by atoms with Crippen molar-refractivity contribution in [3.63, 3.8) is 0 Å². The average Bonchev–Trinajstić information content (AvgIpc) is 3.58. The van der Waals surface area contributed by atoms with Crippen LogP contribution in [0.2, 0.25) is 0 Å². The number of piperazine rings is 1. The Morgan fingerprint density at radius 1 is 1.09 bits per heavy atom. The van der Waals surface area contributed by atoms with Crippen LogP contribution < -0.4 is 4.90 Å². The maximum atomic E-state index is 13.3. The summed E-state index contributed by atoms with van der Waals surface area (Å²) >= 11 is 0. The summed E-state index contributed by atoms with van der Waals surface area (Å²) in [5.41, 5.74) is -0.667. The van der Waals surface area contributed by atoms with Crippen molar-refractivity contribution in [3.05, 3.63) is 63.7 Å². The Morgan fingerprint density at radius 3 is 2.32 bits per heavy atom. The highest BCUT2D eigenvalue weighted by Crippen LogP contribution is 2.51. The van der Waals surface area contributed by atoms with Gasteiger partial charge in [0.2, 0.25) is 5.91 Å². The number of carbonyl (C=O) groups excluding carboxylic acids is 1. The number of hydrogen-bond donors (Lipinski definition) is 0. The van der Waals surface area contributed by atoms with E-state index in [1.165, 1.54) is 30.3 Å². The molecule has 12 heteroatoms. The largest absolute Gasteiger partial charge is 0.416 e. The number of amides is 1. The van der Waals surface area contributed by atoms with E-state index >= 15 is 0 Å². The van der Waals surface area contributed by atoms with Crippen LogP contribution in [0.25, 0.3) is 0 Å². The molecule has 1 heterocycles. The summed E-state index contributed by atoms with van der Waals surface area (Å²) in [5.74, 6) is -1.21. The van der Waals surface area contributed by atoms with E-state index in [9.17, 15) is 36.5 Å². The Balaban J connectivity index is 1.44. The van der Waals surface area contributed by atoms with Gasteiger partial charge in [0.25, 0.3) is 5.69 Å². The molecule has 1 saturated heterocycles. The monoisotopic (exact) mass is 497 g/mol. The molecule has 2 aliphatic rings. The second-order valence-corrected chi connectivity index (χ2v) is 10.5. The van der Waals surface area contributed by atoms with Crippen LogP contribution in [-0.2, 0) is 20.8 Å². The predicted molar refractivity (Wildman–Crippen MR) is 117 cm³/mol. The van der Waals surface area contributed by atoms with Crippen LogP contribution in [0.3, 0.4) is 0 Å². The third-order valence-electron chi connectivity index (χ3n) is 6.28. The molecule has 2 aromatic carbocycles. The third kappa shape index (κ3) is 4.72. The molecule has 2 unspecified atom stereocenters. The number of sulfone groups is 1. The summed E-state index contributed by atoms with van der Waals surface area (Å²) in [5, 5.41) is 11.5. The lowest BCUT2D eigenvalue weighted by Gasteiger charge is -2.36. The van der Waals surface area contributed by atoms with Crippen LogP contribution in [0.5, 0.6) is 0 Å². The van der Waals surface area contributed by atoms with Crippen molar-refractivity contribution in [2.24, 2.45) is 5.92 Å². The molecule has 1 amide bonds. The van der Waals surface area contributed by atoms with Gasteiger partial charge in [0, 0.05) is 44.4 Å². The number of nitro groups is 1. The van der Waals surface area contributed by atoms with Crippen LogP contribution in [0.1, 0.15) is 23.5 Å². The number of rotatable bonds is 5. The fraction of sp³-hybridized carbons (Fsp3) is 0.409. The fourth-order valence-corrected chi connectivity index (χ4v) is 5.08. The highest BCUT2D eigenvalue weighted by Gasteiger charge is 2.49. The Hall–Kier alpha value is -3.15. The smallest absolute Gasteiger partial charge is 0.362 e. The van der Waals surface area contributed by atoms with Gasteiger partial charge in [-0.15, -0.1) is 0 Å². The molecule has 0 radical (unpaired) electrons. The number of anilines is 1. The zero-order chi connectivity index (χ0) is 24.8. The fourth-order valence-electron chi connectivity index (χ4n) is 4.44. The van der Waals surface area contributed by atoms with E-state index in [1.54, 1.807) is 9.80 Å². The van der Waals surface area contributed by atoms with Crippen molar-refractivity contribution in [1.82, 2.24) is 4.90 Å². The maximum Gasteiger partial charge on any atom is 0.416 e. The summed E-state index contributed by atoms with van der Waals surface area (Å²) in [4.78, 5) is 26.9. The highest BCUT2D eigenvalue weighted by molar-refractivity contribution is 7.90. The molecule has 34 heavy (non-hydrogen) atoms. The van der Waals surface area contributed by atoms with Gasteiger partial charge in [-0.05, 0) is 36.1 Å². The molecule has 2 aromatic rings. The van der Waals surface area contributed by atoms with Gasteiger partial charge in [0.05, 0.1) is 15.4 Å². The molecule has 1 saturated carbocycles. The third-order valence-corrected chi connectivity index (χ3v) is 7.39. The van der Waals surface area contributed by atoms with Gasteiger partial charge in [-0.2, -0.15) is 13.2 Å². The van der Waals surface area contributed by atoms with Gasteiger partial charge in [0.15, 0.2) is 9.84 Å². The second kappa shape index (κ2) is 8.57. The first-order valence-electron chi connectivity index (χ1n) is 10.6. The minimum absolute atomic E-state index is 0.133. The lowest BCUT2D eigenvalue weighted by atomic mass is 10.0. The average molecular weight is 497 g/mol. The van der Waals surface area contributed by atoms with E-state index in [0.717, 1.165) is 18.4 Å². The van der Waals surface area contributed by atoms with Crippen LogP contribution in [0.15, 0.2) is 47.4 Å². The maximum absolute atomic E-state index is 13.3. The predicted octanol–water partition coefficient (Wildman–Crippen LogP) is 3.47. The van der Waals surface area contributed by atoms with Crippen LogP contribution in [0.4, 0.5) is 24.5 Å². The van der Waals surface area contributed by atoms with Crippen LogP contribution >= 0.6 is 0 Å². The van der Waals surface area contributed by atoms with E-state index in [0.29, 0.717) is 6.42 Å². The van der Waals surface area contributed by atoms with Crippen LogP contribution in [0, 0.1) is 16.0 Å². The first-order valence-corrected chi connectivity index (χ1v) is 12.5. The SMILES string of the molecule is CS(=O)(=O)c1ccc(N2CCN(C(=O)C3CC3c3ccccc3C(F)(F)F)CC2)c([N+](=O)[O-])c1. The zero-order valence-corrected chi connectivity index (χ0v) is 19.0. The van der Waals surface area contributed by atoms with E-state index in [2.05, 4.69) is 0 Å². The quantitative estimate of drug-likeness (QED) is 0.463. The van der Waals surface area contributed by atoms with Gasteiger partial charge in [-0.25, -0.2) is 8.42 Å². The molecule has 0 bridgehead atoms. The van der Waals surface area contributed by atoms with Crippen molar-refractivity contribution in [2.45, 2.75) is 23.4 Å². The van der Waals surface area contributed by atoms with Crippen LogP contribution in [-0.4, -0.2) is 56.6 Å². The topological polar surface area (TPSA) is 101 Å². The van der Waals surface area contributed by atoms with E-state index in [1.807, 2.05) is 0 Å². The van der Waals surface area contributed by atoms with Gasteiger partial charge < -0.3 is 9.80 Å². The van der Waals surface area contributed by atoms with Crippen molar-refractivity contribution >= 4 is 27.1 Å². The molecule has 1 aliphatic heterocycles. The number of nitrogens with zero attached hydrogens (tertiary/aromatic N) is 3. The van der Waals surface area contributed by atoms with E-state index in [4.69, 9.17) is 0 Å². The number of halogens is 3. The van der Waals surface area contributed by atoms with E-state index < -0.39 is 38.3 Å². The summed E-state index contributed by atoms with van der Waals surface area (Å²) in [6.07, 6.45) is -3.17. The van der Waals surface area contributed by atoms with Crippen molar-refractivity contribution in [1.29, 1.82) is 0 Å². The number of carbonyl (C=O) groups is 1. The lowest BCUT2D eigenvalue weighted by molar-refractivity contribution is -0.384. The Kier molecular flexibility index (Phi) is 6.05. The Bertz CT molecular complexity index is 1240. The number of nitro benzene ring substituents is 1. The minimum atomic E-state index is -4.49. The molecule has 8 nitrogen and oxygen atoms in total. The van der Waals surface area contributed by atoms with Crippen molar-refractivity contribution in [2.75, 3.05) is 37.3 Å². The van der Waals surface area contributed by atoms with Gasteiger partial charge in [0.1, 0.15) is 5.69 Å². The summed E-state index contributed by atoms with van der Waals surface area (Å²) in [6, 6.07) is 9.01. The highest BCUT2D eigenvalue weighted by atomic mass is 32.2. The number of benzene rings is 2. The second-order valence-electron chi connectivity index (χ2n) is 8.53. The number of alkyl halides is 3. The molecular weight excluding hydrogens is 475 g/mol. The summed E-state index contributed by atoms with van der Waals surface area (Å²) in [7, 11) is -3.62. The standard InChI is InChI=1S/C22H22F3N3O5S/c1-34(32,33)14-6-7-19(20(12-14)28(30)31)26-8-10-27(11-9-26)21(29)17-13-16(17)15-4-2-3-5-18(15)22(23,24)25/h2-7,12,16-17H,8-11,13H2,1H3. The number of hydrogen-bond acceptors (Lipinski definition) is 6. The molecule has 1 aliphatic carbocycles. The Morgan fingerprint density at radius 2 is 1.74 bits per heavy atom. The minimum Gasteiger partial charge on any atom is -0.362 e. The Labute approximate surface area is 194 Å². The normalized spacial score (nSPS) is 20.8. The molecule has 4 rings (SSSR count). The molecule has 2 fully saturated rings. The van der Waals surface area contributed by atoms with Gasteiger partial charge >= 0.3 is 6.18 Å². The molecule has 182 valence electrons. The molecule has 2 atom stereocenters. The zero-order valence-electron chi connectivity index (χ0n) is 18.2. The van der Waals surface area contributed by atoms with Crippen molar-refractivity contribution in [3.8, 4) is 0 Å².